The molecule has 0 aliphatic rings. The third kappa shape index (κ3) is 2.46. The van der Waals surface area contributed by atoms with Crippen molar-refractivity contribution in [3.05, 3.63) is 78.0 Å². The van der Waals surface area contributed by atoms with Crippen molar-refractivity contribution < 1.29 is 9.90 Å². The molecule has 0 spiro atoms. The number of aromatic carboxylic acids is 1. The van der Waals surface area contributed by atoms with E-state index in [0.29, 0.717) is 0 Å². The normalized spacial score (nSPS) is 10.5. The van der Waals surface area contributed by atoms with Gasteiger partial charge in [-0.25, -0.2) is 0 Å². The lowest BCUT2D eigenvalue weighted by molar-refractivity contribution is -0.255. The van der Waals surface area contributed by atoms with Gasteiger partial charge in [0, 0.05) is 11.4 Å². The number of carboxylic acid groups (broad SMARTS) is 1. The van der Waals surface area contributed by atoms with Crippen LogP contribution < -0.4 is 5.11 Å². The van der Waals surface area contributed by atoms with E-state index in [1.165, 1.54) is 0 Å². The van der Waals surface area contributed by atoms with E-state index in [4.69, 9.17) is 0 Å². The molecule has 3 rings (SSSR count). The molecule has 21 heavy (non-hydrogen) atoms. The van der Waals surface area contributed by atoms with Crippen LogP contribution in [0.4, 0.5) is 0 Å². The van der Waals surface area contributed by atoms with Crippen LogP contribution in [0.1, 0.15) is 16.1 Å². The second-order valence-electron chi connectivity index (χ2n) is 4.90. The molecule has 0 unspecified atom stereocenters. The van der Waals surface area contributed by atoms with Crippen LogP contribution in [0, 0.1) is 6.92 Å². The lowest BCUT2D eigenvalue weighted by Gasteiger charge is -2.13. The van der Waals surface area contributed by atoms with Crippen molar-refractivity contribution in [2.75, 3.05) is 0 Å². The van der Waals surface area contributed by atoms with Crippen molar-refractivity contribution in [1.29, 1.82) is 0 Å². The minimum absolute atomic E-state index is 0.185. The average molecular weight is 276 g/mol. The first kappa shape index (κ1) is 13.2. The van der Waals surface area contributed by atoms with Gasteiger partial charge in [-0.2, -0.15) is 0 Å². The van der Waals surface area contributed by atoms with Crippen LogP contribution in [-0.2, 0) is 0 Å². The first-order valence-electron chi connectivity index (χ1n) is 6.72. The van der Waals surface area contributed by atoms with E-state index in [1.807, 2.05) is 25.1 Å². The van der Waals surface area contributed by atoms with E-state index in [1.54, 1.807) is 24.3 Å². The molecule has 3 nitrogen and oxygen atoms in total. The van der Waals surface area contributed by atoms with Crippen LogP contribution in [0.2, 0.25) is 0 Å². The molecule has 0 fully saturated rings. The van der Waals surface area contributed by atoms with Crippen LogP contribution in [-0.4, -0.2) is 10.5 Å². The fourth-order valence-electron chi connectivity index (χ4n) is 2.46. The largest absolute Gasteiger partial charge is 0.545 e. The smallest absolute Gasteiger partial charge is 0.0715 e. The molecule has 1 heterocycles. The van der Waals surface area contributed by atoms with Gasteiger partial charge in [-0.05, 0) is 42.3 Å². The Morgan fingerprint density at radius 3 is 2.19 bits per heavy atom. The Hall–Kier alpha value is -2.81. The molecule has 0 N–H and O–H groups in total. The van der Waals surface area contributed by atoms with Crippen molar-refractivity contribution in [2.45, 2.75) is 6.92 Å². The predicted octanol–water partition coefficient (Wildman–Crippen LogP) is 2.82. The molecule has 0 saturated carbocycles. The number of carboxylic acids is 1. The highest BCUT2D eigenvalue weighted by atomic mass is 16.4. The molecular formula is C18H14NO2-. The quantitative estimate of drug-likeness (QED) is 0.738. The Morgan fingerprint density at radius 1 is 0.905 bits per heavy atom. The van der Waals surface area contributed by atoms with E-state index in [9.17, 15) is 9.90 Å². The minimum Gasteiger partial charge on any atom is -0.545 e. The number of hydrogen-bond donors (Lipinski definition) is 0. The van der Waals surface area contributed by atoms with Gasteiger partial charge in [0.25, 0.3) is 0 Å². The SMILES string of the molecule is Cc1ccc(-c2ccccc2)n1-c1ccc(C(=O)[O-])cc1. The van der Waals surface area contributed by atoms with E-state index >= 15 is 0 Å². The summed E-state index contributed by atoms with van der Waals surface area (Å²) in [7, 11) is 0. The maximum atomic E-state index is 10.8. The summed E-state index contributed by atoms with van der Waals surface area (Å²) in [6.45, 7) is 2.03. The van der Waals surface area contributed by atoms with Gasteiger partial charge in [0.2, 0.25) is 0 Å². The molecule has 2 aromatic carbocycles. The molecule has 0 amide bonds. The van der Waals surface area contributed by atoms with Crippen molar-refractivity contribution in [3.8, 4) is 16.9 Å². The Labute approximate surface area is 123 Å². The van der Waals surface area contributed by atoms with Crippen LogP contribution in [0.15, 0.2) is 66.7 Å². The third-order valence-corrected chi connectivity index (χ3v) is 3.51. The molecule has 0 radical (unpaired) electrons. The molecule has 0 bridgehead atoms. The molecule has 0 saturated heterocycles. The first-order chi connectivity index (χ1) is 10.2. The van der Waals surface area contributed by atoms with Crippen LogP contribution in [0.25, 0.3) is 16.9 Å². The molecule has 0 aliphatic heterocycles. The molecule has 1 aromatic heterocycles. The number of aryl methyl sites for hydroxylation is 1. The second kappa shape index (κ2) is 5.29. The highest BCUT2D eigenvalue weighted by molar-refractivity contribution is 5.86. The highest BCUT2D eigenvalue weighted by Gasteiger charge is 2.09. The van der Waals surface area contributed by atoms with Crippen molar-refractivity contribution in [1.82, 2.24) is 4.57 Å². The van der Waals surface area contributed by atoms with Gasteiger partial charge < -0.3 is 14.5 Å². The summed E-state index contributed by atoms with van der Waals surface area (Å²) >= 11 is 0. The number of carbonyl (C=O) groups is 1. The van der Waals surface area contributed by atoms with E-state index in [2.05, 4.69) is 28.8 Å². The summed E-state index contributed by atoms with van der Waals surface area (Å²) in [6.07, 6.45) is 0. The number of benzene rings is 2. The lowest BCUT2D eigenvalue weighted by Crippen LogP contribution is -2.22. The molecule has 0 aliphatic carbocycles. The summed E-state index contributed by atoms with van der Waals surface area (Å²) < 4.78 is 2.11. The molecule has 0 atom stereocenters. The number of carbonyl (C=O) groups excluding carboxylic acids is 1. The monoisotopic (exact) mass is 276 g/mol. The maximum Gasteiger partial charge on any atom is 0.0715 e. The summed E-state index contributed by atoms with van der Waals surface area (Å²) in [5.41, 5.74) is 4.41. The fraction of sp³-hybridized carbons (Fsp3) is 0.0556. The standard InChI is InChI=1S/C18H15NO2/c1-13-7-12-17(14-5-3-2-4-6-14)19(13)16-10-8-15(9-11-16)18(20)21/h2-12H,1H3,(H,20,21)/p-1. The first-order valence-corrected chi connectivity index (χ1v) is 6.72. The second-order valence-corrected chi connectivity index (χ2v) is 4.90. The Morgan fingerprint density at radius 2 is 1.57 bits per heavy atom. The highest BCUT2D eigenvalue weighted by Crippen LogP contribution is 2.26. The Kier molecular flexibility index (Phi) is 3.32. The van der Waals surface area contributed by atoms with E-state index in [0.717, 1.165) is 22.6 Å². The summed E-state index contributed by atoms with van der Waals surface area (Å²) in [5.74, 6) is -1.16. The zero-order chi connectivity index (χ0) is 14.8. The number of hydrogen-bond acceptors (Lipinski definition) is 2. The average Bonchev–Trinajstić information content (AvgIpc) is 2.90. The molecule has 3 aromatic rings. The zero-order valence-corrected chi connectivity index (χ0v) is 11.6. The van der Waals surface area contributed by atoms with Crippen LogP contribution >= 0.6 is 0 Å². The maximum absolute atomic E-state index is 10.8. The molecule has 3 heteroatoms. The van der Waals surface area contributed by atoms with E-state index < -0.39 is 5.97 Å². The van der Waals surface area contributed by atoms with Gasteiger partial charge in [-0.3, -0.25) is 0 Å². The Balaban J connectivity index is 2.10. The predicted molar refractivity (Wildman–Crippen MR) is 80.3 cm³/mol. The zero-order valence-electron chi connectivity index (χ0n) is 11.6. The van der Waals surface area contributed by atoms with Gasteiger partial charge >= 0.3 is 0 Å². The van der Waals surface area contributed by atoms with Crippen molar-refractivity contribution in [2.24, 2.45) is 0 Å². The summed E-state index contributed by atoms with van der Waals surface area (Å²) in [6, 6.07) is 20.9. The topological polar surface area (TPSA) is 45.1 Å². The van der Waals surface area contributed by atoms with Crippen molar-refractivity contribution >= 4 is 5.97 Å². The van der Waals surface area contributed by atoms with Gasteiger partial charge in [-0.15, -0.1) is 0 Å². The Bertz CT molecular complexity index is 771. The van der Waals surface area contributed by atoms with Crippen LogP contribution in [0.5, 0.6) is 0 Å². The van der Waals surface area contributed by atoms with Crippen LogP contribution in [0.3, 0.4) is 0 Å². The van der Waals surface area contributed by atoms with Gasteiger partial charge in [0.15, 0.2) is 0 Å². The minimum atomic E-state index is -1.16. The number of rotatable bonds is 3. The molecule has 104 valence electrons. The number of nitrogens with zero attached hydrogens (tertiary/aromatic N) is 1. The summed E-state index contributed by atoms with van der Waals surface area (Å²) in [4.78, 5) is 10.8. The molecular weight excluding hydrogens is 262 g/mol. The van der Waals surface area contributed by atoms with Gasteiger partial charge in [0.1, 0.15) is 0 Å². The van der Waals surface area contributed by atoms with E-state index in [-0.39, 0.29) is 5.56 Å². The number of aromatic nitrogens is 1. The summed E-state index contributed by atoms with van der Waals surface area (Å²) in [5, 5.41) is 10.8. The third-order valence-electron chi connectivity index (χ3n) is 3.51. The van der Waals surface area contributed by atoms with Gasteiger partial charge in [0.05, 0.1) is 11.7 Å². The van der Waals surface area contributed by atoms with Crippen molar-refractivity contribution in [3.63, 3.8) is 0 Å². The lowest BCUT2D eigenvalue weighted by atomic mass is 10.1. The fourth-order valence-corrected chi connectivity index (χ4v) is 2.46. The van der Waals surface area contributed by atoms with Gasteiger partial charge in [-0.1, -0.05) is 42.5 Å².